The standard InChI is InChI=1S/C19H17NO2/c21-17-12-11-15-8-4-5-9-16(15)19(17)20-18(22)13-10-14-6-2-1-3-7-14/h1-9,11-12,21H,10,13H2,(H,20,22). The number of benzene rings is 3. The molecule has 3 heteroatoms. The molecule has 110 valence electrons. The van der Waals surface area contributed by atoms with Crippen LogP contribution in [-0.2, 0) is 11.2 Å². The number of phenols is 1. The third-order valence-electron chi connectivity index (χ3n) is 3.66. The van der Waals surface area contributed by atoms with Gasteiger partial charge in [-0.3, -0.25) is 4.79 Å². The van der Waals surface area contributed by atoms with E-state index in [2.05, 4.69) is 5.32 Å². The van der Waals surface area contributed by atoms with Gasteiger partial charge >= 0.3 is 0 Å². The van der Waals surface area contributed by atoms with Crippen LogP contribution in [0.3, 0.4) is 0 Å². The summed E-state index contributed by atoms with van der Waals surface area (Å²) in [6, 6.07) is 21.0. The van der Waals surface area contributed by atoms with Crippen molar-refractivity contribution in [2.75, 3.05) is 5.32 Å². The zero-order chi connectivity index (χ0) is 15.4. The van der Waals surface area contributed by atoms with Crippen LogP contribution in [0.2, 0.25) is 0 Å². The lowest BCUT2D eigenvalue weighted by atomic mass is 10.1. The lowest BCUT2D eigenvalue weighted by Gasteiger charge is -2.11. The zero-order valence-electron chi connectivity index (χ0n) is 12.1. The maximum atomic E-state index is 12.2. The molecule has 0 unspecified atom stereocenters. The molecule has 0 saturated heterocycles. The Balaban J connectivity index is 1.75. The highest BCUT2D eigenvalue weighted by molar-refractivity contribution is 6.04. The largest absolute Gasteiger partial charge is 0.506 e. The number of amides is 1. The zero-order valence-corrected chi connectivity index (χ0v) is 12.1. The second-order valence-corrected chi connectivity index (χ2v) is 5.21. The lowest BCUT2D eigenvalue weighted by molar-refractivity contribution is -0.116. The van der Waals surface area contributed by atoms with Crippen LogP contribution in [0.1, 0.15) is 12.0 Å². The van der Waals surface area contributed by atoms with E-state index < -0.39 is 0 Å². The quantitative estimate of drug-likeness (QED) is 0.710. The lowest BCUT2D eigenvalue weighted by Crippen LogP contribution is -2.12. The highest BCUT2D eigenvalue weighted by atomic mass is 16.3. The van der Waals surface area contributed by atoms with E-state index in [1.54, 1.807) is 6.07 Å². The van der Waals surface area contributed by atoms with Crippen LogP contribution >= 0.6 is 0 Å². The van der Waals surface area contributed by atoms with Crippen LogP contribution in [0.25, 0.3) is 10.8 Å². The third kappa shape index (κ3) is 3.09. The van der Waals surface area contributed by atoms with Gasteiger partial charge in [0.1, 0.15) is 5.75 Å². The summed E-state index contributed by atoms with van der Waals surface area (Å²) in [5.41, 5.74) is 1.61. The van der Waals surface area contributed by atoms with Gasteiger partial charge in [0.25, 0.3) is 0 Å². The van der Waals surface area contributed by atoms with E-state index in [9.17, 15) is 9.90 Å². The molecule has 0 aliphatic heterocycles. The van der Waals surface area contributed by atoms with Gasteiger partial charge < -0.3 is 10.4 Å². The molecule has 3 aromatic carbocycles. The number of anilines is 1. The third-order valence-corrected chi connectivity index (χ3v) is 3.66. The van der Waals surface area contributed by atoms with Gasteiger partial charge in [0.2, 0.25) is 5.91 Å². The summed E-state index contributed by atoms with van der Waals surface area (Å²) in [5, 5.41) is 14.7. The minimum Gasteiger partial charge on any atom is -0.506 e. The molecule has 0 bridgehead atoms. The fraction of sp³-hybridized carbons (Fsp3) is 0.105. The van der Waals surface area contributed by atoms with Crippen molar-refractivity contribution in [1.82, 2.24) is 0 Å². The van der Waals surface area contributed by atoms with Crippen LogP contribution in [0.15, 0.2) is 66.7 Å². The van der Waals surface area contributed by atoms with Gasteiger partial charge in [-0.1, -0.05) is 60.7 Å². The van der Waals surface area contributed by atoms with Gasteiger partial charge in [-0.25, -0.2) is 0 Å². The summed E-state index contributed by atoms with van der Waals surface area (Å²) in [4.78, 5) is 12.2. The fourth-order valence-corrected chi connectivity index (χ4v) is 2.50. The molecular formula is C19H17NO2. The number of aromatic hydroxyl groups is 1. The molecule has 0 atom stereocenters. The number of hydrogen-bond acceptors (Lipinski definition) is 2. The summed E-state index contributed by atoms with van der Waals surface area (Å²) in [6.07, 6.45) is 1.06. The van der Waals surface area contributed by atoms with Gasteiger partial charge in [-0.2, -0.15) is 0 Å². The van der Waals surface area contributed by atoms with Crippen LogP contribution in [-0.4, -0.2) is 11.0 Å². The van der Waals surface area contributed by atoms with Crippen molar-refractivity contribution < 1.29 is 9.90 Å². The Morgan fingerprint density at radius 3 is 2.45 bits per heavy atom. The first-order valence-electron chi connectivity index (χ1n) is 7.28. The molecule has 0 aliphatic rings. The SMILES string of the molecule is O=C(CCc1ccccc1)Nc1c(O)ccc2ccccc12. The van der Waals surface area contributed by atoms with Crippen molar-refractivity contribution in [3.05, 3.63) is 72.3 Å². The predicted molar refractivity (Wildman–Crippen MR) is 89.0 cm³/mol. The minimum atomic E-state index is -0.101. The summed E-state index contributed by atoms with van der Waals surface area (Å²) in [5.74, 6) is -0.0118. The van der Waals surface area contributed by atoms with Crippen molar-refractivity contribution in [2.24, 2.45) is 0 Å². The van der Waals surface area contributed by atoms with Gasteiger partial charge in [-0.05, 0) is 23.4 Å². The van der Waals surface area contributed by atoms with E-state index in [-0.39, 0.29) is 11.7 Å². The number of carbonyl (C=O) groups excluding carboxylic acids is 1. The van der Waals surface area contributed by atoms with Gasteiger partial charge in [0.05, 0.1) is 5.69 Å². The van der Waals surface area contributed by atoms with Crippen LogP contribution < -0.4 is 5.32 Å². The van der Waals surface area contributed by atoms with E-state index in [0.717, 1.165) is 16.3 Å². The molecular weight excluding hydrogens is 274 g/mol. The van der Waals surface area contributed by atoms with E-state index >= 15 is 0 Å². The summed E-state index contributed by atoms with van der Waals surface area (Å²) in [7, 11) is 0. The summed E-state index contributed by atoms with van der Waals surface area (Å²) >= 11 is 0. The average molecular weight is 291 g/mol. The second-order valence-electron chi connectivity index (χ2n) is 5.21. The Kier molecular flexibility index (Phi) is 4.05. The maximum absolute atomic E-state index is 12.2. The molecule has 3 nitrogen and oxygen atoms in total. The van der Waals surface area contributed by atoms with E-state index in [1.807, 2.05) is 60.7 Å². The summed E-state index contributed by atoms with van der Waals surface area (Å²) in [6.45, 7) is 0. The van der Waals surface area contributed by atoms with Gasteiger partial charge in [0, 0.05) is 11.8 Å². The first-order valence-corrected chi connectivity index (χ1v) is 7.28. The van der Waals surface area contributed by atoms with Crippen molar-refractivity contribution in [3.8, 4) is 5.75 Å². The van der Waals surface area contributed by atoms with Crippen molar-refractivity contribution >= 4 is 22.4 Å². The Labute approximate surface area is 129 Å². The normalized spacial score (nSPS) is 10.5. The van der Waals surface area contributed by atoms with Crippen LogP contribution in [0.5, 0.6) is 5.75 Å². The molecule has 0 aromatic heterocycles. The first-order chi connectivity index (χ1) is 10.7. The topological polar surface area (TPSA) is 49.3 Å². The number of carbonyl (C=O) groups is 1. The molecule has 0 heterocycles. The number of hydrogen-bond donors (Lipinski definition) is 2. The number of phenolic OH excluding ortho intramolecular Hbond substituents is 1. The second kappa shape index (κ2) is 6.31. The maximum Gasteiger partial charge on any atom is 0.224 e. The molecule has 0 radical (unpaired) electrons. The Morgan fingerprint density at radius 1 is 0.909 bits per heavy atom. The molecule has 1 amide bonds. The molecule has 22 heavy (non-hydrogen) atoms. The number of rotatable bonds is 4. The van der Waals surface area contributed by atoms with E-state index in [0.29, 0.717) is 18.5 Å². The molecule has 0 fully saturated rings. The molecule has 0 saturated carbocycles. The van der Waals surface area contributed by atoms with Crippen molar-refractivity contribution in [1.29, 1.82) is 0 Å². The number of fused-ring (bicyclic) bond motifs is 1. The fourth-order valence-electron chi connectivity index (χ4n) is 2.50. The predicted octanol–water partition coefficient (Wildman–Crippen LogP) is 4.12. The molecule has 0 aliphatic carbocycles. The minimum absolute atomic E-state index is 0.0896. The Hall–Kier alpha value is -2.81. The van der Waals surface area contributed by atoms with E-state index in [4.69, 9.17) is 0 Å². The smallest absolute Gasteiger partial charge is 0.224 e. The van der Waals surface area contributed by atoms with Gasteiger partial charge in [0.15, 0.2) is 0 Å². The van der Waals surface area contributed by atoms with Crippen LogP contribution in [0, 0.1) is 0 Å². The number of aryl methyl sites for hydroxylation is 1. The Morgan fingerprint density at radius 2 is 1.64 bits per heavy atom. The van der Waals surface area contributed by atoms with Crippen LogP contribution in [0.4, 0.5) is 5.69 Å². The molecule has 0 spiro atoms. The van der Waals surface area contributed by atoms with E-state index in [1.165, 1.54) is 0 Å². The molecule has 2 N–H and O–H groups in total. The monoisotopic (exact) mass is 291 g/mol. The molecule has 3 aromatic rings. The van der Waals surface area contributed by atoms with Crippen molar-refractivity contribution in [3.63, 3.8) is 0 Å². The highest BCUT2D eigenvalue weighted by Gasteiger charge is 2.10. The highest BCUT2D eigenvalue weighted by Crippen LogP contribution is 2.32. The Bertz CT molecular complexity index is 797. The first kappa shape index (κ1) is 14.1. The van der Waals surface area contributed by atoms with Crippen molar-refractivity contribution in [2.45, 2.75) is 12.8 Å². The summed E-state index contributed by atoms with van der Waals surface area (Å²) < 4.78 is 0. The average Bonchev–Trinajstić information content (AvgIpc) is 2.56. The van der Waals surface area contributed by atoms with Gasteiger partial charge in [-0.15, -0.1) is 0 Å². The number of nitrogens with one attached hydrogen (secondary N) is 1. The molecule has 3 rings (SSSR count).